The quantitative estimate of drug-likeness (QED) is 0.366. The Bertz CT molecular complexity index is 1080. The first-order chi connectivity index (χ1) is 16.0. The van der Waals surface area contributed by atoms with Crippen LogP contribution in [0.25, 0.3) is 0 Å². The molecule has 2 amide bonds. The third kappa shape index (κ3) is 7.50. The van der Waals surface area contributed by atoms with Crippen molar-refractivity contribution in [2.75, 3.05) is 11.9 Å². The molecular weight excluding hydrogens is 420 g/mol. The van der Waals surface area contributed by atoms with Crippen molar-refractivity contribution in [3.05, 3.63) is 95.6 Å². The van der Waals surface area contributed by atoms with E-state index in [1.54, 1.807) is 19.1 Å². The van der Waals surface area contributed by atoms with Crippen molar-refractivity contribution in [2.45, 2.75) is 26.3 Å². The number of rotatable bonds is 9. The van der Waals surface area contributed by atoms with Gasteiger partial charge in [0.1, 0.15) is 5.75 Å². The second kappa shape index (κ2) is 12.0. The first kappa shape index (κ1) is 23.5. The molecule has 0 aliphatic heterocycles. The van der Waals surface area contributed by atoms with Gasteiger partial charge in [0.15, 0.2) is 0 Å². The highest BCUT2D eigenvalue weighted by atomic mass is 16.7. The van der Waals surface area contributed by atoms with Gasteiger partial charge in [-0.25, -0.2) is 4.79 Å². The molecule has 0 bridgehead atoms. The van der Waals surface area contributed by atoms with Crippen LogP contribution in [0.1, 0.15) is 34.8 Å². The number of para-hydroxylation sites is 1. The summed E-state index contributed by atoms with van der Waals surface area (Å²) in [7, 11) is 0. The molecule has 3 aromatic carbocycles. The fourth-order valence-corrected chi connectivity index (χ4v) is 3.11. The average molecular weight is 447 g/mol. The van der Waals surface area contributed by atoms with Crippen LogP contribution in [0.5, 0.6) is 5.75 Å². The van der Waals surface area contributed by atoms with Crippen LogP contribution in [0, 0.1) is 0 Å². The maximum absolute atomic E-state index is 12.5. The zero-order valence-corrected chi connectivity index (χ0v) is 18.4. The van der Waals surface area contributed by atoms with Gasteiger partial charge in [-0.2, -0.15) is 0 Å². The molecule has 0 heterocycles. The van der Waals surface area contributed by atoms with E-state index >= 15 is 0 Å². The van der Waals surface area contributed by atoms with E-state index in [-0.39, 0.29) is 30.7 Å². The Hall–Kier alpha value is -4.13. The number of anilines is 1. The van der Waals surface area contributed by atoms with Crippen LogP contribution in [0.4, 0.5) is 10.5 Å². The first-order valence-corrected chi connectivity index (χ1v) is 10.7. The van der Waals surface area contributed by atoms with Crippen molar-refractivity contribution in [1.82, 2.24) is 5.32 Å². The van der Waals surface area contributed by atoms with Gasteiger partial charge in [-0.3, -0.25) is 9.59 Å². The molecule has 170 valence electrons. The minimum absolute atomic E-state index is 0.0881. The van der Waals surface area contributed by atoms with Crippen LogP contribution in [-0.4, -0.2) is 24.6 Å². The van der Waals surface area contributed by atoms with Crippen LogP contribution in [0.3, 0.4) is 0 Å². The van der Waals surface area contributed by atoms with Crippen molar-refractivity contribution in [3.63, 3.8) is 0 Å². The lowest BCUT2D eigenvalue weighted by Gasteiger charge is -2.12. The smallest absolute Gasteiger partial charge is 0.434 e. The van der Waals surface area contributed by atoms with E-state index in [1.165, 1.54) is 12.1 Å². The number of carbonyl (C=O) groups excluding carboxylic acids is 3. The van der Waals surface area contributed by atoms with Gasteiger partial charge in [-0.15, -0.1) is 0 Å². The Kier molecular flexibility index (Phi) is 8.59. The maximum atomic E-state index is 12.5. The van der Waals surface area contributed by atoms with E-state index in [4.69, 9.17) is 9.47 Å². The summed E-state index contributed by atoms with van der Waals surface area (Å²) in [5.41, 5.74) is 2.97. The van der Waals surface area contributed by atoms with Crippen LogP contribution in [-0.2, 0) is 22.5 Å². The monoisotopic (exact) mass is 446 g/mol. The average Bonchev–Trinajstić information content (AvgIpc) is 2.83. The summed E-state index contributed by atoms with van der Waals surface area (Å²) in [5, 5.41) is 5.77. The minimum Gasteiger partial charge on any atom is -0.434 e. The van der Waals surface area contributed by atoms with E-state index in [0.717, 1.165) is 11.1 Å². The van der Waals surface area contributed by atoms with Gasteiger partial charge in [-0.1, -0.05) is 48.5 Å². The van der Waals surface area contributed by atoms with E-state index in [9.17, 15) is 14.4 Å². The van der Waals surface area contributed by atoms with Gasteiger partial charge in [0.05, 0.1) is 6.61 Å². The summed E-state index contributed by atoms with van der Waals surface area (Å²) in [6.45, 7) is 2.15. The highest BCUT2D eigenvalue weighted by Gasteiger charge is 2.11. The highest BCUT2D eigenvalue weighted by Crippen LogP contribution is 2.17. The van der Waals surface area contributed by atoms with Crippen LogP contribution in [0.15, 0.2) is 78.9 Å². The summed E-state index contributed by atoms with van der Waals surface area (Å²) < 4.78 is 9.70. The molecule has 0 radical (unpaired) electrons. The molecule has 7 heteroatoms. The number of hydrogen-bond acceptors (Lipinski definition) is 5. The Balaban J connectivity index is 1.53. The van der Waals surface area contributed by atoms with E-state index in [2.05, 4.69) is 10.6 Å². The molecule has 3 rings (SSSR count). The van der Waals surface area contributed by atoms with Crippen LogP contribution in [0.2, 0.25) is 0 Å². The summed E-state index contributed by atoms with van der Waals surface area (Å²) in [6, 6.07) is 23.3. The minimum atomic E-state index is -0.794. The van der Waals surface area contributed by atoms with Gasteiger partial charge in [-0.05, 0) is 54.8 Å². The zero-order valence-electron chi connectivity index (χ0n) is 18.4. The molecular formula is C26H26N2O5. The molecule has 3 aromatic rings. The molecule has 0 aliphatic carbocycles. The van der Waals surface area contributed by atoms with Gasteiger partial charge in [0.25, 0.3) is 5.91 Å². The summed E-state index contributed by atoms with van der Waals surface area (Å²) >= 11 is 0. The number of nitrogens with one attached hydrogen (secondary N) is 2. The third-order valence-electron chi connectivity index (χ3n) is 4.79. The number of ether oxygens (including phenoxy) is 2. The molecule has 0 spiro atoms. The van der Waals surface area contributed by atoms with Crippen molar-refractivity contribution in [2.24, 2.45) is 0 Å². The molecule has 0 saturated heterocycles. The largest absolute Gasteiger partial charge is 0.513 e. The number of benzene rings is 3. The van der Waals surface area contributed by atoms with E-state index in [0.29, 0.717) is 24.1 Å². The molecule has 0 fully saturated rings. The van der Waals surface area contributed by atoms with Gasteiger partial charge < -0.3 is 20.1 Å². The fourth-order valence-electron chi connectivity index (χ4n) is 3.11. The number of aryl methyl sites for hydroxylation is 1. The highest BCUT2D eigenvalue weighted by molar-refractivity contribution is 5.95. The van der Waals surface area contributed by atoms with Crippen molar-refractivity contribution in [3.8, 4) is 5.75 Å². The first-order valence-electron chi connectivity index (χ1n) is 10.7. The Morgan fingerprint density at radius 2 is 1.55 bits per heavy atom. The molecule has 0 saturated carbocycles. The summed E-state index contributed by atoms with van der Waals surface area (Å²) in [4.78, 5) is 36.3. The SMILES string of the molecule is CCOC(=O)Oc1ccc(C(=O)NCc2ccccc2NC(=O)CCc2ccccc2)cc1. The molecule has 0 atom stereocenters. The van der Waals surface area contributed by atoms with Gasteiger partial charge in [0.2, 0.25) is 5.91 Å². The Morgan fingerprint density at radius 3 is 2.27 bits per heavy atom. The third-order valence-corrected chi connectivity index (χ3v) is 4.79. The standard InChI is InChI=1S/C26H26N2O5/c1-2-32-26(31)33-22-15-13-20(14-16-22)25(30)27-18-21-10-6-7-11-23(21)28-24(29)17-12-19-8-4-3-5-9-19/h3-11,13-16H,2,12,17-18H2,1H3,(H,27,30)(H,28,29). The molecule has 0 aliphatic rings. The molecule has 0 unspecified atom stereocenters. The predicted molar refractivity (Wildman–Crippen MR) is 125 cm³/mol. The molecule has 33 heavy (non-hydrogen) atoms. The van der Waals surface area contributed by atoms with Crippen molar-refractivity contribution < 1.29 is 23.9 Å². The topological polar surface area (TPSA) is 93.7 Å². The van der Waals surface area contributed by atoms with Gasteiger partial charge in [0, 0.05) is 24.2 Å². The molecule has 7 nitrogen and oxygen atoms in total. The van der Waals surface area contributed by atoms with Crippen molar-refractivity contribution in [1.29, 1.82) is 0 Å². The number of carbonyl (C=O) groups is 3. The lowest BCUT2D eigenvalue weighted by atomic mass is 10.1. The van der Waals surface area contributed by atoms with Crippen LogP contribution >= 0.6 is 0 Å². The fraction of sp³-hybridized carbons (Fsp3) is 0.192. The Morgan fingerprint density at radius 1 is 0.848 bits per heavy atom. The second-order valence-electron chi connectivity index (χ2n) is 7.18. The normalized spacial score (nSPS) is 10.2. The second-order valence-corrected chi connectivity index (χ2v) is 7.18. The maximum Gasteiger partial charge on any atom is 0.513 e. The molecule has 2 N–H and O–H groups in total. The van der Waals surface area contributed by atoms with E-state index in [1.807, 2.05) is 54.6 Å². The van der Waals surface area contributed by atoms with Crippen molar-refractivity contribution >= 4 is 23.7 Å². The zero-order chi connectivity index (χ0) is 23.5. The van der Waals surface area contributed by atoms with Crippen LogP contribution < -0.4 is 15.4 Å². The summed E-state index contributed by atoms with van der Waals surface area (Å²) in [5.74, 6) is -0.0914. The lowest BCUT2D eigenvalue weighted by molar-refractivity contribution is -0.116. The number of amides is 2. The summed E-state index contributed by atoms with van der Waals surface area (Å²) in [6.07, 6.45) is 0.226. The lowest BCUT2D eigenvalue weighted by Crippen LogP contribution is -2.24. The predicted octanol–water partition coefficient (Wildman–Crippen LogP) is 4.72. The molecule has 0 aromatic heterocycles. The van der Waals surface area contributed by atoms with E-state index < -0.39 is 6.16 Å². The Labute approximate surface area is 192 Å². The number of hydrogen-bond donors (Lipinski definition) is 2. The van der Waals surface area contributed by atoms with Gasteiger partial charge >= 0.3 is 6.16 Å².